The lowest BCUT2D eigenvalue weighted by Gasteiger charge is -2.24. The molecule has 0 saturated carbocycles. The minimum absolute atomic E-state index is 0.579. The third kappa shape index (κ3) is 4.37. The van der Waals surface area contributed by atoms with Crippen LogP contribution in [0.25, 0.3) is 0 Å². The van der Waals surface area contributed by atoms with Crippen molar-refractivity contribution in [3.05, 3.63) is 15.9 Å². The van der Waals surface area contributed by atoms with Crippen LogP contribution < -0.4 is 5.32 Å². The lowest BCUT2D eigenvalue weighted by molar-refractivity contribution is 0.0575. The number of aryl methyl sites for hydroxylation is 2. The van der Waals surface area contributed by atoms with Gasteiger partial charge in [0.05, 0.1) is 21.5 Å². The van der Waals surface area contributed by atoms with Crippen molar-refractivity contribution in [1.82, 2.24) is 15.1 Å². The highest BCUT2D eigenvalue weighted by Gasteiger charge is 2.24. The fraction of sp³-hybridized carbons (Fsp3) is 0.769. The van der Waals surface area contributed by atoms with Crippen molar-refractivity contribution in [3.8, 4) is 0 Å². The summed E-state index contributed by atoms with van der Waals surface area (Å²) in [6.07, 6.45) is 0.579. The molecule has 1 aromatic heterocycles. The summed E-state index contributed by atoms with van der Waals surface area (Å²) >= 11 is 3.53. The van der Waals surface area contributed by atoms with Crippen molar-refractivity contribution in [2.45, 2.75) is 39.7 Å². The highest BCUT2D eigenvalue weighted by Crippen LogP contribution is 2.24. The van der Waals surface area contributed by atoms with Crippen LogP contribution in [0, 0.1) is 12.8 Å². The summed E-state index contributed by atoms with van der Waals surface area (Å²) < 4.78 is 2.82. The molecule has 0 fully saturated rings. The number of nitrogens with one attached hydrogen (secondary N) is 1. The molecular formula is C13H24BrN3O. The zero-order chi connectivity index (χ0) is 13.9. The summed E-state index contributed by atoms with van der Waals surface area (Å²) in [5.41, 5.74) is 1.22. The normalized spacial score (nSPS) is 15.1. The molecule has 0 bridgehead atoms. The van der Waals surface area contributed by atoms with Crippen LogP contribution in [0.2, 0.25) is 0 Å². The predicted molar refractivity (Wildman–Crippen MR) is 77.7 cm³/mol. The van der Waals surface area contributed by atoms with E-state index in [2.05, 4.69) is 40.2 Å². The van der Waals surface area contributed by atoms with Gasteiger partial charge in [0, 0.05) is 20.0 Å². The smallest absolute Gasteiger partial charge is 0.0799 e. The van der Waals surface area contributed by atoms with Gasteiger partial charge in [0.25, 0.3) is 0 Å². The molecule has 0 radical (unpaired) electrons. The molecule has 18 heavy (non-hydrogen) atoms. The Bertz CT molecular complexity index is 399. The first-order valence-electron chi connectivity index (χ1n) is 6.34. The molecule has 0 aliphatic carbocycles. The van der Waals surface area contributed by atoms with Gasteiger partial charge in [-0.2, -0.15) is 5.10 Å². The van der Waals surface area contributed by atoms with Crippen molar-refractivity contribution in [2.75, 3.05) is 13.1 Å². The minimum Gasteiger partial charge on any atom is -0.388 e. The molecular weight excluding hydrogens is 294 g/mol. The van der Waals surface area contributed by atoms with Crippen LogP contribution in [-0.2, 0) is 13.5 Å². The third-order valence-corrected chi connectivity index (χ3v) is 3.90. The minimum atomic E-state index is -0.766. The zero-order valence-corrected chi connectivity index (χ0v) is 13.5. The number of hydrogen-bond acceptors (Lipinski definition) is 3. The van der Waals surface area contributed by atoms with E-state index in [1.165, 1.54) is 0 Å². The van der Waals surface area contributed by atoms with Gasteiger partial charge in [-0.1, -0.05) is 13.8 Å². The van der Waals surface area contributed by atoms with Crippen molar-refractivity contribution in [3.63, 3.8) is 0 Å². The maximum absolute atomic E-state index is 10.4. The quantitative estimate of drug-likeness (QED) is 0.844. The molecule has 5 heteroatoms. The van der Waals surface area contributed by atoms with Gasteiger partial charge in [0.15, 0.2) is 0 Å². The molecule has 0 spiro atoms. The molecule has 0 amide bonds. The highest BCUT2D eigenvalue weighted by molar-refractivity contribution is 9.10. The fourth-order valence-corrected chi connectivity index (χ4v) is 2.40. The monoisotopic (exact) mass is 317 g/mol. The van der Waals surface area contributed by atoms with Gasteiger partial charge in [0.2, 0.25) is 0 Å². The van der Waals surface area contributed by atoms with Crippen LogP contribution >= 0.6 is 15.9 Å². The van der Waals surface area contributed by atoms with E-state index in [9.17, 15) is 5.11 Å². The summed E-state index contributed by atoms with van der Waals surface area (Å²) in [6, 6.07) is 0. The van der Waals surface area contributed by atoms with Gasteiger partial charge in [-0.05, 0) is 42.2 Å². The maximum atomic E-state index is 10.4. The Morgan fingerprint density at radius 2 is 2.11 bits per heavy atom. The molecule has 2 N–H and O–H groups in total. The number of rotatable bonds is 6. The zero-order valence-electron chi connectivity index (χ0n) is 11.9. The van der Waals surface area contributed by atoms with E-state index in [0.717, 1.165) is 22.4 Å². The first-order chi connectivity index (χ1) is 8.23. The first-order valence-corrected chi connectivity index (χ1v) is 7.13. The van der Waals surface area contributed by atoms with Crippen molar-refractivity contribution >= 4 is 15.9 Å². The van der Waals surface area contributed by atoms with Crippen LogP contribution in [0.15, 0.2) is 4.47 Å². The second kappa shape index (κ2) is 6.17. The Morgan fingerprint density at radius 1 is 1.50 bits per heavy atom. The number of nitrogens with zero attached hydrogens (tertiary/aromatic N) is 2. The van der Waals surface area contributed by atoms with Crippen LogP contribution in [0.1, 0.15) is 32.2 Å². The van der Waals surface area contributed by atoms with E-state index < -0.39 is 5.60 Å². The topological polar surface area (TPSA) is 50.1 Å². The average Bonchev–Trinajstić information content (AvgIpc) is 2.44. The second-order valence-electron chi connectivity index (χ2n) is 5.67. The van der Waals surface area contributed by atoms with Crippen LogP contribution in [0.3, 0.4) is 0 Å². The molecule has 0 saturated heterocycles. The highest BCUT2D eigenvalue weighted by atomic mass is 79.9. The first kappa shape index (κ1) is 15.7. The van der Waals surface area contributed by atoms with Crippen LogP contribution in [-0.4, -0.2) is 33.6 Å². The Hall–Kier alpha value is -0.390. The Labute approximate surface area is 118 Å². The third-order valence-electron chi connectivity index (χ3n) is 2.87. The van der Waals surface area contributed by atoms with Crippen molar-refractivity contribution in [1.29, 1.82) is 0 Å². The van der Waals surface area contributed by atoms with Crippen molar-refractivity contribution in [2.24, 2.45) is 13.0 Å². The lowest BCUT2D eigenvalue weighted by atomic mass is 9.99. The van der Waals surface area contributed by atoms with E-state index in [-0.39, 0.29) is 0 Å². The number of aromatic nitrogens is 2. The average molecular weight is 318 g/mol. The molecule has 0 aliphatic rings. The molecule has 104 valence electrons. The fourth-order valence-electron chi connectivity index (χ4n) is 1.93. The maximum Gasteiger partial charge on any atom is 0.0799 e. The van der Waals surface area contributed by atoms with E-state index in [4.69, 9.17) is 0 Å². The van der Waals surface area contributed by atoms with Crippen LogP contribution in [0.5, 0.6) is 0 Å². The van der Waals surface area contributed by atoms with Crippen LogP contribution in [0.4, 0.5) is 0 Å². The van der Waals surface area contributed by atoms with E-state index in [0.29, 0.717) is 18.9 Å². The largest absolute Gasteiger partial charge is 0.388 e. The Balaban J connectivity index is 2.64. The molecule has 4 nitrogen and oxygen atoms in total. The van der Waals surface area contributed by atoms with Gasteiger partial charge in [0.1, 0.15) is 0 Å². The van der Waals surface area contributed by atoms with E-state index in [1.54, 1.807) is 0 Å². The van der Waals surface area contributed by atoms with Crippen molar-refractivity contribution < 1.29 is 5.11 Å². The predicted octanol–water partition coefficient (Wildman–Crippen LogP) is 2.03. The number of aliphatic hydroxyl groups is 1. The molecule has 0 aliphatic heterocycles. The molecule has 1 unspecified atom stereocenters. The van der Waals surface area contributed by atoms with E-state index in [1.807, 2.05) is 25.6 Å². The van der Waals surface area contributed by atoms with E-state index >= 15 is 0 Å². The van der Waals surface area contributed by atoms with Gasteiger partial charge in [-0.15, -0.1) is 0 Å². The molecule has 1 rings (SSSR count). The summed E-state index contributed by atoms with van der Waals surface area (Å²) in [5.74, 6) is 0.589. The number of halogens is 1. The SMILES string of the molecule is Cc1nn(C)c(CC(C)(O)CNCC(C)C)c1Br. The summed E-state index contributed by atoms with van der Waals surface area (Å²) in [5, 5.41) is 18.1. The Kier molecular flexibility index (Phi) is 5.37. The second-order valence-corrected chi connectivity index (χ2v) is 6.46. The number of hydrogen-bond donors (Lipinski definition) is 2. The summed E-state index contributed by atoms with van der Waals surface area (Å²) in [4.78, 5) is 0. The summed E-state index contributed by atoms with van der Waals surface area (Å²) in [7, 11) is 1.91. The van der Waals surface area contributed by atoms with Gasteiger partial charge in [-0.25, -0.2) is 0 Å². The van der Waals surface area contributed by atoms with Gasteiger partial charge < -0.3 is 10.4 Å². The summed E-state index contributed by atoms with van der Waals surface area (Å²) in [6.45, 7) is 9.63. The molecule has 0 aromatic carbocycles. The standard InChI is InChI=1S/C13H24BrN3O/c1-9(2)7-15-8-13(4,18)6-11-12(14)10(3)16-17(11)5/h9,15,18H,6-8H2,1-5H3. The van der Waals surface area contributed by atoms with Gasteiger partial charge >= 0.3 is 0 Å². The molecule has 1 aromatic rings. The molecule has 1 heterocycles. The molecule has 1 atom stereocenters. The lowest BCUT2D eigenvalue weighted by Crippen LogP contribution is -2.41. The van der Waals surface area contributed by atoms with Gasteiger partial charge in [-0.3, -0.25) is 4.68 Å². The Morgan fingerprint density at radius 3 is 2.56 bits per heavy atom.